The molecule has 2 atom stereocenters. The van der Waals surface area contributed by atoms with Gasteiger partial charge < -0.3 is 19.4 Å². The van der Waals surface area contributed by atoms with Crippen LogP contribution in [0, 0.1) is 0 Å². The Labute approximate surface area is 121 Å². The second kappa shape index (κ2) is 5.96. The summed E-state index contributed by atoms with van der Waals surface area (Å²) >= 11 is 0. The van der Waals surface area contributed by atoms with Gasteiger partial charge >= 0.3 is 0 Å². The van der Waals surface area contributed by atoms with Gasteiger partial charge in [0.25, 0.3) is 5.91 Å². The molecule has 8 heteroatoms. The molecule has 112 valence electrons. The number of nitrogens with zero attached hydrogens (tertiary/aromatic N) is 3. The van der Waals surface area contributed by atoms with Crippen molar-refractivity contribution in [2.75, 3.05) is 13.2 Å². The number of aromatic amines is 1. The molecule has 1 amide bonds. The minimum absolute atomic E-state index is 0.209. The van der Waals surface area contributed by atoms with Crippen LogP contribution < -0.4 is 10.1 Å². The van der Waals surface area contributed by atoms with Gasteiger partial charge in [-0.25, -0.2) is 4.98 Å². The van der Waals surface area contributed by atoms with Crippen LogP contribution in [0.5, 0.6) is 5.75 Å². The summed E-state index contributed by atoms with van der Waals surface area (Å²) < 4.78 is 13.0. The molecule has 3 heterocycles. The molecule has 1 aliphatic heterocycles. The Morgan fingerprint density at radius 2 is 2.52 bits per heavy atom. The number of aromatic nitrogens is 4. The van der Waals surface area contributed by atoms with E-state index >= 15 is 0 Å². The van der Waals surface area contributed by atoms with Crippen molar-refractivity contribution in [2.24, 2.45) is 0 Å². The van der Waals surface area contributed by atoms with Crippen LogP contribution >= 0.6 is 0 Å². The molecule has 2 N–H and O–H groups in total. The van der Waals surface area contributed by atoms with Crippen molar-refractivity contribution in [1.82, 2.24) is 25.1 Å². The number of carbonyl (C=O) groups is 1. The van der Waals surface area contributed by atoms with Gasteiger partial charge in [0.1, 0.15) is 11.8 Å². The van der Waals surface area contributed by atoms with E-state index < -0.39 is 0 Å². The molecule has 3 rings (SSSR count). The highest BCUT2D eigenvalue weighted by molar-refractivity contribution is 5.92. The van der Waals surface area contributed by atoms with Crippen molar-refractivity contribution in [3.05, 3.63) is 30.6 Å². The minimum Gasteiger partial charge on any atom is -0.482 e. The third-order valence-corrected chi connectivity index (χ3v) is 3.34. The number of imidazole rings is 1. The van der Waals surface area contributed by atoms with Gasteiger partial charge in [0.05, 0.1) is 38.0 Å². The number of carbonyl (C=O) groups excluding carboxylic acids is 1. The standard InChI is InChI=1S/C13H17N5O3/c1-2-18-5-10(14-8-18)13(19)17-11-6-20-7-12(11)21-9-3-15-16-4-9/h3-5,8,11-12H,2,6-7H2,1H3,(H,15,16)(H,17,19)/t11-,12+/m0/s1. The van der Waals surface area contributed by atoms with Crippen LogP contribution in [0.1, 0.15) is 17.4 Å². The monoisotopic (exact) mass is 291 g/mol. The zero-order valence-corrected chi connectivity index (χ0v) is 11.7. The highest BCUT2D eigenvalue weighted by Crippen LogP contribution is 2.15. The van der Waals surface area contributed by atoms with E-state index in [9.17, 15) is 4.79 Å². The summed E-state index contributed by atoms with van der Waals surface area (Å²) in [6.45, 7) is 3.62. The second-order valence-corrected chi connectivity index (χ2v) is 4.80. The fourth-order valence-corrected chi connectivity index (χ4v) is 2.16. The predicted molar refractivity (Wildman–Crippen MR) is 73.0 cm³/mol. The van der Waals surface area contributed by atoms with Crippen molar-refractivity contribution in [2.45, 2.75) is 25.6 Å². The average Bonchev–Trinajstić information content (AvgIpc) is 3.21. The number of rotatable bonds is 5. The van der Waals surface area contributed by atoms with Crippen LogP contribution in [0.15, 0.2) is 24.9 Å². The molecule has 2 aromatic rings. The average molecular weight is 291 g/mol. The normalized spacial score (nSPS) is 21.4. The molecule has 1 aliphatic rings. The highest BCUT2D eigenvalue weighted by Gasteiger charge is 2.32. The third-order valence-electron chi connectivity index (χ3n) is 3.34. The van der Waals surface area contributed by atoms with E-state index in [1.807, 2.05) is 11.5 Å². The Hall–Kier alpha value is -2.35. The topological polar surface area (TPSA) is 94.1 Å². The summed E-state index contributed by atoms with van der Waals surface area (Å²) in [5, 5.41) is 9.40. The number of amides is 1. The van der Waals surface area contributed by atoms with Crippen LogP contribution in [0.2, 0.25) is 0 Å². The number of nitrogens with one attached hydrogen (secondary N) is 2. The number of aryl methyl sites for hydroxylation is 1. The van der Waals surface area contributed by atoms with Gasteiger partial charge in [-0.3, -0.25) is 9.89 Å². The third kappa shape index (κ3) is 3.05. The van der Waals surface area contributed by atoms with Crippen LogP contribution in [-0.2, 0) is 11.3 Å². The summed E-state index contributed by atoms with van der Waals surface area (Å²) in [7, 11) is 0. The van der Waals surface area contributed by atoms with E-state index in [1.165, 1.54) is 0 Å². The molecule has 0 aliphatic carbocycles. The Bertz CT molecular complexity index is 595. The first-order valence-electron chi connectivity index (χ1n) is 6.82. The summed E-state index contributed by atoms with van der Waals surface area (Å²) in [5.41, 5.74) is 0.394. The van der Waals surface area contributed by atoms with Gasteiger partial charge in [-0.2, -0.15) is 5.10 Å². The van der Waals surface area contributed by atoms with Crippen LogP contribution in [-0.4, -0.2) is 51.0 Å². The second-order valence-electron chi connectivity index (χ2n) is 4.80. The summed E-state index contributed by atoms with van der Waals surface area (Å²) in [6.07, 6.45) is 6.36. The van der Waals surface area contributed by atoms with Crippen LogP contribution in [0.4, 0.5) is 0 Å². The molecule has 0 bridgehead atoms. The Morgan fingerprint density at radius 3 is 3.24 bits per heavy atom. The molecular weight excluding hydrogens is 274 g/mol. The lowest BCUT2D eigenvalue weighted by molar-refractivity contribution is 0.0899. The van der Waals surface area contributed by atoms with E-state index in [2.05, 4.69) is 20.5 Å². The fourth-order valence-electron chi connectivity index (χ4n) is 2.16. The molecule has 0 aromatic carbocycles. The predicted octanol–water partition coefficient (Wildman–Crippen LogP) is 0.202. The van der Waals surface area contributed by atoms with E-state index in [0.717, 1.165) is 6.54 Å². The van der Waals surface area contributed by atoms with Crippen molar-refractivity contribution < 1.29 is 14.3 Å². The molecule has 21 heavy (non-hydrogen) atoms. The van der Waals surface area contributed by atoms with Gasteiger partial charge in [0, 0.05) is 12.7 Å². The highest BCUT2D eigenvalue weighted by atomic mass is 16.5. The Balaban J connectivity index is 1.61. The van der Waals surface area contributed by atoms with Crippen molar-refractivity contribution >= 4 is 5.91 Å². The fraction of sp³-hybridized carbons (Fsp3) is 0.462. The van der Waals surface area contributed by atoms with E-state index in [-0.39, 0.29) is 18.1 Å². The number of hydrogen-bond donors (Lipinski definition) is 2. The maximum Gasteiger partial charge on any atom is 0.271 e. The molecule has 0 radical (unpaired) electrons. The molecule has 0 unspecified atom stereocenters. The summed E-state index contributed by atoms with van der Waals surface area (Å²) in [6, 6.07) is -0.209. The first-order chi connectivity index (χ1) is 10.3. The zero-order valence-electron chi connectivity index (χ0n) is 11.7. The SMILES string of the molecule is CCn1cnc(C(=O)N[C@H]2COC[C@H]2Oc2cn[nH]c2)c1. The van der Waals surface area contributed by atoms with Gasteiger partial charge in [0.15, 0.2) is 5.75 Å². The largest absolute Gasteiger partial charge is 0.482 e. The first kappa shape index (κ1) is 13.6. The molecule has 2 aromatic heterocycles. The van der Waals surface area contributed by atoms with Crippen molar-refractivity contribution in [3.63, 3.8) is 0 Å². The van der Waals surface area contributed by atoms with Gasteiger partial charge in [-0.1, -0.05) is 0 Å². The van der Waals surface area contributed by atoms with E-state index in [0.29, 0.717) is 24.7 Å². The lowest BCUT2D eigenvalue weighted by atomic mass is 10.2. The zero-order chi connectivity index (χ0) is 14.7. The van der Waals surface area contributed by atoms with E-state index in [1.54, 1.807) is 24.9 Å². The minimum atomic E-state index is -0.236. The molecule has 0 spiro atoms. The lowest BCUT2D eigenvalue weighted by Crippen LogP contribution is -2.45. The number of ether oxygens (including phenoxy) is 2. The molecular formula is C13H17N5O3. The van der Waals surface area contributed by atoms with E-state index in [4.69, 9.17) is 9.47 Å². The smallest absolute Gasteiger partial charge is 0.271 e. The van der Waals surface area contributed by atoms with Gasteiger partial charge in [-0.05, 0) is 6.92 Å². The van der Waals surface area contributed by atoms with Gasteiger partial charge in [0.2, 0.25) is 0 Å². The summed E-state index contributed by atoms with van der Waals surface area (Å²) in [4.78, 5) is 16.2. The lowest BCUT2D eigenvalue weighted by Gasteiger charge is -2.19. The number of H-pyrrole nitrogens is 1. The van der Waals surface area contributed by atoms with Gasteiger partial charge in [-0.15, -0.1) is 0 Å². The maximum atomic E-state index is 12.2. The number of hydrogen-bond acceptors (Lipinski definition) is 5. The first-order valence-corrected chi connectivity index (χ1v) is 6.82. The molecule has 0 saturated carbocycles. The summed E-state index contributed by atoms with van der Waals surface area (Å²) in [5.74, 6) is 0.401. The van der Waals surface area contributed by atoms with Crippen LogP contribution in [0.3, 0.4) is 0 Å². The van der Waals surface area contributed by atoms with Crippen LogP contribution in [0.25, 0.3) is 0 Å². The quantitative estimate of drug-likeness (QED) is 0.821. The Kier molecular flexibility index (Phi) is 3.87. The molecule has 8 nitrogen and oxygen atoms in total. The maximum absolute atomic E-state index is 12.2. The molecule has 1 fully saturated rings. The van der Waals surface area contributed by atoms with Crippen molar-refractivity contribution in [1.29, 1.82) is 0 Å². The molecule has 1 saturated heterocycles. The Morgan fingerprint density at radius 1 is 1.62 bits per heavy atom. The van der Waals surface area contributed by atoms with Crippen molar-refractivity contribution in [3.8, 4) is 5.75 Å².